The van der Waals surface area contributed by atoms with E-state index in [-0.39, 0.29) is 5.56 Å². The van der Waals surface area contributed by atoms with Gasteiger partial charge in [0, 0.05) is 5.56 Å². The molecule has 150 valence electrons. The largest absolute Gasteiger partial charge is 0.207 e. The molecule has 0 heterocycles. The molecular weight excluding hydrogens is 350 g/mol. The molecule has 2 saturated carbocycles. The van der Waals surface area contributed by atoms with E-state index in [2.05, 4.69) is 19.1 Å². The lowest BCUT2D eigenvalue weighted by Gasteiger charge is -2.37. The van der Waals surface area contributed by atoms with Crippen molar-refractivity contribution in [1.82, 2.24) is 0 Å². The van der Waals surface area contributed by atoms with Gasteiger partial charge in [-0.05, 0) is 97.9 Å². The fraction of sp³-hybridized carbons (Fsp3) is 0.538. The third-order valence-electron chi connectivity index (χ3n) is 7.50. The lowest BCUT2D eigenvalue weighted by atomic mass is 9.68. The quantitative estimate of drug-likeness (QED) is 0.504. The maximum atomic E-state index is 13.9. The molecule has 2 aromatic carbocycles. The lowest BCUT2D eigenvalue weighted by molar-refractivity contribution is 0.165. The van der Waals surface area contributed by atoms with Gasteiger partial charge in [0.15, 0.2) is 0 Å². The molecule has 0 bridgehead atoms. The Morgan fingerprint density at radius 3 is 1.71 bits per heavy atom. The maximum Gasteiger partial charge on any atom is 0.129 e. The van der Waals surface area contributed by atoms with Gasteiger partial charge in [-0.3, -0.25) is 0 Å². The normalized spacial score (nSPS) is 28.3. The fourth-order valence-electron chi connectivity index (χ4n) is 5.44. The maximum absolute atomic E-state index is 13.9. The van der Waals surface area contributed by atoms with Crippen molar-refractivity contribution in [2.75, 3.05) is 0 Å². The summed E-state index contributed by atoms with van der Waals surface area (Å²) in [5.74, 6) is 2.51. The Morgan fingerprint density at radius 1 is 0.679 bits per heavy atom. The zero-order valence-electron chi connectivity index (χ0n) is 17.2. The summed E-state index contributed by atoms with van der Waals surface area (Å²) < 4.78 is 27.7. The van der Waals surface area contributed by atoms with E-state index in [1.165, 1.54) is 76.0 Å². The second kappa shape index (κ2) is 8.35. The van der Waals surface area contributed by atoms with E-state index in [0.29, 0.717) is 11.5 Å². The molecule has 0 unspecified atom stereocenters. The fourth-order valence-corrected chi connectivity index (χ4v) is 5.44. The van der Waals surface area contributed by atoms with E-state index in [9.17, 15) is 8.78 Å². The molecule has 0 spiro atoms. The van der Waals surface area contributed by atoms with Crippen molar-refractivity contribution in [2.45, 2.75) is 71.1 Å². The summed E-state index contributed by atoms with van der Waals surface area (Å²) in [5.41, 5.74) is 2.96. The first-order chi connectivity index (χ1) is 13.5. The lowest BCUT2D eigenvalue weighted by Crippen LogP contribution is -2.24. The Morgan fingerprint density at radius 2 is 1.18 bits per heavy atom. The Labute approximate surface area is 168 Å². The highest BCUT2D eigenvalue weighted by molar-refractivity contribution is 5.64. The minimum Gasteiger partial charge on any atom is -0.207 e. The molecule has 0 nitrogen and oxygen atoms in total. The SMILES string of the molecule is Cc1c(F)cc(-c2ccc(C3CCC(C4CCC(C)CC4)CC3)cc2)cc1F. The molecule has 0 N–H and O–H groups in total. The molecule has 0 saturated heterocycles. The van der Waals surface area contributed by atoms with Crippen molar-refractivity contribution in [3.05, 3.63) is 59.2 Å². The first kappa shape index (κ1) is 19.6. The predicted octanol–water partition coefficient (Wildman–Crippen LogP) is 8.04. The predicted molar refractivity (Wildman–Crippen MR) is 112 cm³/mol. The van der Waals surface area contributed by atoms with Crippen molar-refractivity contribution in [3.63, 3.8) is 0 Å². The molecule has 2 aliphatic rings. The van der Waals surface area contributed by atoms with Crippen molar-refractivity contribution in [2.24, 2.45) is 17.8 Å². The standard InChI is InChI=1S/C26H32F2/c1-17-3-5-19(6-4-17)20-7-9-21(10-8-20)22-11-13-23(14-12-22)24-15-25(27)18(2)26(28)16-24/h11-17,19-21H,3-10H2,1-2H3. The van der Waals surface area contributed by atoms with Gasteiger partial charge in [-0.15, -0.1) is 0 Å². The summed E-state index contributed by atoms with van der Waals surface area (Å²) in [6.45, 7) is 3.87. The minimum absolute atomic E-state index is 0.0875. The van der Waals surface area contributed by atoms with Crippen LogP contribution < -0.4 is 0 Å². The van der Waals surface area contributed by atoms with Crippen molar-refractivity contribution >= 4 is 0 Å². The van der Waals surface area contributed by atoms with E-state index in [1.807, 2.05) is 12.1 Å². The summed E-state index contributed by atoms with van der Waals surface area (Å²) in [6, 6.07) is 11.2. The van der Waals surface area contributed by atoms with Crippen LogP contribution in [0.25, 0.3) is 11.1 Å². The first-order valence-corrected chi connectivity index (χ1v) is 11.1. The highest BCUT2D eigenvalue weighted by Gasteiger charge is 2.30. The molecule has 2 aromatic rings. The van der Waals surface area contributed by atoms with E-state index < -0.39 is 11.6 Å². The third kappa shape index (κ3) is 4.16. The second-order valence-electron chi connectivity index (χ2n) is 9.32. The highest BCUT2D eigenvalue weighted by Crippen LogP contribution is 2.44. The molecule has 0 amide bonds. The third-order valence-corrected chi connectivity index (χ3v) is 7.50. The number of hydrogen-bond acceptors (Lipinski definition) is 0. The van der Waals surface area contributed by atoms with Crippen LogP contribution in [-0.4, -0.2) is 0 Å². The average Bonchev–Trinajstić information content (AvgIpc) is 2.72. The van der Waals surface area contributed by atoms with Crippen LogP contribution in [0.15, 0.2) is 36.4 Å². The number of benzene rings is 2. The molecule has 0 aromatic heterocycles. The Hall–Kier alpha value is -1.70. The average molecular weight is 383 g/mol. The Balaban J connectivity index is 1.39. The molecule has 0 radical (unpaired) electrons. The van der Waals surface area contributed by atoms with Crippen LogP contribution in [0.2, 0.25) is 0 Å². The van der Waals surface area contributed by atoms with Gasteiger partial charge in [0.05, 0.1) is 0 Å². The van der Waals surface area contributed by atoms with Gasteiger partial charge in [-0.1, -0.05) is 44.0 Å². The van der Waals surface area contributed by atoms with Crippen molar-refractivity contribution < 1.29 is 8.78 Å². The van der Waals surface area contributed by atoms with Crippen LogP contribution >= 0.6 is 0 Å². The van der Waals surface area contributed by atoms with Gasteiger partial charge in [-0.25, -0.2) is 8.78 Å². The summed E-state index contributed by atoms with van der Waals surface area (Å²) in [4.78, 5) is 0. The van der Waals surface area contributed by atoms with Gasteiger partial charge >= 0.3 is 0 Å². The first-order valence-electron chi connectivity index (χ1n) is 11.1. The van der Waals surface area contributed by atoms with Gasteiger partial charge < -0.3 is 0 Å². The van der Waals surface area contributed by atoms with Gasteiger partial charge in [0.2, 0.25) is 0 Å². The van der Waals surface area contributed by atoms with Crippen LogP contribution in [0.1, 0.15) is 75.3 Å². The molecule has 0 atom stereocenters. The number of hydrogen-bond donors (Lipinski definition) is 0. The van der Waals surface area contributed by atoms with Gasteiger partial charge in [0.1, 0.15) is 11.6 Å². The van der Waals surface area contributed by atoms with Gasteiger partial charge in [0.25, 0.3) is 0 Å². The zero-order chi connectivity index (χ0) is 19.7. The highest BCUT2D eigenvalue weighted by atomic mass is 19.1. The van der Waals surface area contributed by atoms with E-state index in [4.69, 9.17) is 0 Å². The van der Waals surface area contributed by atoms with Gasteiger partial charge in [-0.2, -0.15) is 0 Å². The van der Waals surface area contributed by atoms with Crippen LogP contribution in [0.3, 0.4) is 0 Å². The van der Waals surface area contributed by atoms with Crippen LogP contribution in [0, 0.1) is 36.3 Å². The van der Waals surface area contributed by atoms with Crippen LogP contribution in [0.5, 0.6) is 0 Å². The summed E-state index contributed by atoms with van der Waals surface area (Å²) in [7, 11) is 0. The monoisotopic (exact) mass is 382 g/mol. The van der Waals surface area contributed by atoms with E-state index in [1.54, 1.807) is 0 Å². The molecule has 28 heavy (non-hydrogen) atoms. The molecule has 2 aliphatic carbocycles. The van der Waals surface area contributed by atoms with E-state index in [0.717, 1.165) is 23.3 Å². The Bertz CT molecular complexity index is 769. The van der Waals surface area contributed by atoms with Crippen LogP contribution in [-0.2, 0) is 0 Å². The van der Waals surface area contributed by atoms with Crippen molar-refractivity contribution in [3.8, 4) is 11.1 Å². The molecule has 2 heteroatoms. The minimum atomic E-state index is -0.477. The topological polar surface area (TPSA) is 0 Å². The smallest absolute Gasteiger partial charge is 0.129 e. The number of rotatable bonds is 3. The second-order valence-corrected chi connectivity index (χ2v) is 9.32. The zero-order valence-corrected chi connectivity index (χ0v) is 17.2. The van der Waals surface area contributed by atoms with Crippen molar-refractivity contribution in [1.29, 1.82) is 0 Å². The number of halogens is 2. The van der Waals surface area contributed by atoms with E-state index >= 15 is 0 Å². The summed E-state index contributed by atoms with van der Waals surface area (Å²) in [6.07, 6.45) is 11.0. The molecule has 2 fully saturated rings. The summed E-state index contributed by atoms with van der Waals surface area (Å²) in [5, 5.41) is 0. The summed E-state index contributed by atoms with van der Waals surface area (Å²) >= 11 is 0. The molecule has 0 aliphatic heterocycles. The molecular formula is C26H32F2. The molecule has 4 rings (SSSR count). The van der Waals surface area contributed by atoms with Crippen LogP contribution in [0.4, 0.5) is 8.78 Å². The Kier molecular flexibility index (Phi) is 5.85.